The van der Waals surface area contributed by atoms with Gasteiger partial charge in [-0.3, -0.25) is 4.90 Å². The lowest BCUT2D eigenvalue weighted by Gasteiger charge is -2.24. The standard InChI is InChI=1S/C16H19BrN2O2/c1-18-9-13-3-2-6-19(13)10-11-7-16(20)21-15-8-12(17)4-5-14(11)15/h4-5,7-8,13,18H,2-3,6,9-10H2,1H3. The highest BCUT2D eigenvalue weighted by Crippen LogP contribution is 2.25. The molecule has 21 heavy (non-hydrogen) atoms. The van der Waals surface area contributed by atoms with Crippen LogP contribution in [0.1, 0.15) is 18.4 Å². The monoisotopic (exact) mass is 350 g/mol. The summed E-state index contributed by atoms with van der Waals surface area (Å²) < 4.78 is 6.23. The molecule has 5 heteroatoms. The number of rotatable bonds is 4. The predicted octanol–water partition coefficient (Wildman–Crippen LogP) is 2.74. The number of hydrogen-bond donors (Lipinski definition) is 1. The number of benzene rings is 1. The molecule has 1 saturated heterocycles. The third kappa shape index (κ3) is 3.20. The number of likely N-dealkylation sites (N-methyl/N-ethyl adjacent to an activating group) is 1. The lowest BCUT2D eigenvalue weighted by Crippen LogP contribution is -2.36. The van der Waals surface area contributed by atoms with Crippen molar-refractivity contribution in [2.45, 2.75) is 25.4 Å². The first-order valence-electron chi connectivity index (χ1n) is 7.28. The molecule has 0 radical (unpaired) electrons. The summed E-state index contributed by atoms with van der Waals surface area (Å²) in [7, 11) is 1.99. The first-order chi connectivity index (χ1) is 10.2. The molecule has 4 nitrogen and oxygen atoms in total. The van der Waals surface area contributed by atoms with Gasteiger partial charge in [0.15, 0.2) is 0 Å². The van der Waals surface area contributed by atoms with Crippen molar-refractivity contribution in [3.63, 3.8) is 0 Å². The molecule has 0 bridgehead atoms. The molecular formula is C16H19BrN2O2. The molecule has 1 atom stereocenters. The minimum Gasteiger partial charge on any atom is -0.423 e. The van der Waals surface area contributed by atoms with Crippen molar-refractivity contribution in [1.29, 1.82) is 0 Å². The number of likely N-dealkylation sites (tertiary alicyclic amines) is 1. The summed E-state index contributed by atoms with van der Waals surface area (Å²) in [6.07, 6.45) is 2.43. The van der Waals surface area contributed by atoms with E-state index in [1.54, 1.807) is 6.07 Å². The molecule has 0 saturated carbocycles. The van der Waals surface area contributed by atoms with E-state index >= 15 is 0 Å². The summed E-state index contributed by atoms with van der Waals surface area (Å²) in [6.45, 7) is 2.88. The number of halogens is 1. The van der Waals surface area contributed by atoms with Gasteiger partial charge in [0, 0.05) is 35.1 Å². The smallest absolute Gasteiger partial charge is 0.336 e. The van der Waals surface area contributed by atoms with Gasteiger partial charge in [-0.25, -0.2) is 4.79 Å². The Balaban J connectivity index is 1.95. The van der Waals surface area contributed by atoms with Crippen LogP contribution in [0.2, 0.25) is 0 Å². The fourth-order valence-electron chi connectivity index (χ4n) is 3.12. The molecule has 0 aliphatic carbocycles. The predicted molar refractivity (Wildman–Crippen MR) is 87.5 cm³/mol. The van der Waals surface area contributed by atoms with Crippen molar-refractivity contribution in [3.8, 4) is 0 Å². The maximum Gasteiger partial charge on any atom is 0.336 e. The molecule has 1 N–H and O–H groups in total. The van der Waals surface area contributed by atoms with Crippen LogP contribution in [0, 0.1) is 0 Å². The molecule has 3 rings (SSSR count). The van der Waals surface area contributed by atoms with Gasteiger partial charge in [-0.15, -0.1) is 0 Å². The van der Waals surface area contributed by atoms with Crippen LogP contribution in [-0.4, -0.2) is 31.1 Å². The van der Waals surface area contributed by atoms with Gasteiger partial charge in [-0.05, 0) is 50.2 Å². The van der Waals surface area contributed by atoms with Crippen LogP contribution in [0.25, 0.3) is 11.0 Å². The Labute approximate surface area is 132 Å². The van der Waals surface area contributed by atoms with Gasteiger partial charge in [0.25, 0.3) is 0 Å². The van der Waals surface area contributed by atoms with Gasteiger partial charge in [0.1, 0.15) is 5.58 Å². The Hall–Kier alpha value is -1.17. The maximum absolute atomic E-state index is 11.8. The van der Waals surface area contributed by atoms with E-state index in [1.165, 1.54) is 12.8 Å². The van der Waals surface area contributed by atoms with Gasteiger partial charge < -0.3 is 9.73 Å². The highest BCUT2D eigenvalue weighted by Gasteiger charge is 2.24. The average molecular weight is 351 g/mol. The van der Waals surface area contributed by atoms with Gasteiger partial charge in [-0.1, -0.05) is 15.9 Å². The molecule has 1 aliphatic rings. The summed E-state index contributed by atoms with van der Waals surface area (Å²) in [5.41, 5.74) is 1.42. The van der Waals surface area contributed by atoms with Crippen molar-refractivity contribution in [3.05, 3.63) is 44.7 Å². The number of nitrogens with zero attached hydrogens (tertiary/aromatic N) is 1. The third-order valence-corrected chi connectivity index (χ3v) is 4.60. The summed E-state index contributed by atoms with van der Waals surface area (Å²) in [5.74, 6) is 0. The van der Waals surface area contributed by atoms with E-state index in [0.717, 1.165) is 35.1 Å². The molecule has 1 unspecified atom stereocenters. The average Bonchev–Trinajstić information content (AvgIpc) is 2.86. The molecule has 2 heterocycles. The van der Waals surface area contributed by atoms with Gasteiger partial charge >= 0.3 is 5.63 Å². The molecule has 0 amide bonds. The van der Waals surface area contributed by atoms with Crippen molar-refractivity contribution in [1.82, 2.24) is 10.2 Å². The molecule has 1 aliphatic heterocycles. The zero-order valence-electron chi connectivity index (χ0n) is 12.1. The van der Waals surface area contributed by atoms with E-state index in [1.807, 2.05) is 25.2 Å². The molecule has 2 aromatic rings. The minimum atomic E-state index is -0.278. The van der Waals surface area contributed by atoms with E-state index < -0.39 is 0 Å². The second-order valence-corrected chi connectivity index (χ2v) is 6.47. The minimum absolute atomic E-state index is 0.278. The van der Waals surface area contributed by atoms with Crippen molar-refractivity contribution < 1.29 is 4.42 Å². The maximum atomic E-state index is 11.8. The first-order valence-corrected chi connectivity index (χ1v) is 8.07. The normalized spacial score (nSPS) is 19.4. The van der Waals surface area contributed by atoms with Crippen LogP contribution < -0.4 is 10.9 Å². The quantitative estimate of drug-likeness (QED) is 0.861. The lowest BCUT2D eigenvalue weighted by atomic mass is 10.1. The largest absolute Gasteiger partial charge is 0.423 e. The Bertz CT molecular complexity index is 698. The van der Waals surface area contributed by atoms with Gasteiger partial charge in [0.05, 0.1) is 0 Å². The highest BCUT2D eigenvalue weighted by molar-refractivity contribution is 9.10. The lowest BCUT2D eigenvalue weighted by molar-refractivity contribution is 0.242. The summed E-state index contributed by atoms with van der Waals surface area (Å²) in [5, 5.41) is 4.27. The molecule has 1 aromatic heterocycles. The fourth-order valence-corrected chi connectivity index (χ4v) is 3.46. The topological polar surface area (TPSA) is 45.5 Å². The highest BCUT2D eigenvalue weighted by atomic mass is 79.9. The molecular weight excluding hydrogens is 332 g/mol. The van der Waals surface area contributed by atoms with Crippen molar-refractivity contribution in [2.24, 2.45) is 0 Å². The Morgan fingerprint density at radius 2 is 2.29 bits per heavy atom. The van der Waals surface area contributed by atoms with E-state index in [2.05, 4.69) is 26.1 Å². The molecule has 1 fully saturated rings. The summed E-state index contributed by atoms with van der Waals surface area (Å²) in [6, 6.07) is 8.04. The van der Waals surface area contributed by atoms with Crippen LogP contribution in [0.5, 0.6) is 0 Å². The van der Waals surface area contributed by atoms with Crippen LogP contribution in [0.3, 0.4) is 0 Å². The van der Waals surface area contributed by atoms with Crippen molar-refractivity contribution >= 4 is 26.9 Å². The van der Waals surface area contributed by atoms with E-state index in [4.69, 9.17) is 4.42 Å². The number of hydrogen-bond acceptors (Lipinski definition) is 4. The Morgan fingerprint density at radius 3 is 3.10 bits per heavy atom. The SMILES string of the molecule is CNCC1CCCN1Cc1cc(=O)oc2cc(Br)ccc12. The zero-order chi connectivity index (χ0) is 14.8. The van der Waals surface area contributed by atoms with Crippen LogP contribution >= 0.6 is 15.9 Å². The van der Waals surface area contributed by atoms with E-state index in [-0.39, 0.29) is 5.63 Å². The van der Waals surface area contributed by atoms with Gasteiger partial charge in [-0.2, -0.15) is 0 Å². The molecule has 0 spiro atoms. The second-order valence-electron chi connectivity index (χ2n) is 5.56. The Kier molecular flexibility index (Phi) is 4.42. The van der Waals surface area contributed by atoms with Crippen LogP contribution in [-0.2, 0) is 6.54 Å². The number of fused-ring (bicyclic) bond motifs is 1. The van der Waals surface area contributed by atoms with Crippen molar-refractivity contribution in [2.75, 3.05) is 20.1 Å². The van der Waals surface area contributed by atoms with E-state index in [0.29, 0.717) is 11.6 Å². The van der Waals surface area contributed by atoms with E-state index in [9.17, 15) is 4.79 Å². The second kappa shape index (κ2) is 6.30. The number of nitrogens with one attached hydrogen (secondary N) is 1. The summed E-state index contributed by atoms with van der Waals surface area (Å²) in [4.78, 5) is 14.2. The molecule has 112 valence electrons. The zero-order valence-corrected chi connectivity index (χ0v) is 13.6. The third-order valence-electron chi connectivity index (χ3n) is 4.10. The first kappa shape index (κ1) is 14.8. The molecule has 1 aromatic carbocycles. The Morgan fingerprint density at radius 1 is 1.43 bits per heavy atom. The summed E-state index contributed by atoms with van der Waals surface area (Å²) >= 11 is 3.42. The fraction of sp³-hybridized carbons (Fsp3) is 0.438. The van der Waals surface area contributed by atoms with Gasteiger partial charge in [0.2, 0.25) is 0 Å². The van der Waals surface area contributed by atoms with Crippen LogP contribution in [0.4, 0.5) is 0 Å². The van der Waals surface area contributed by atoms with Crippen LogP contribution in [0.15, 0.2) is 37.9 Å².